The fourth-order valence-corrected chi connectivity index (χ4v) is 5.45. The molecule has 4 atom stereocenters. The van der Waals surface area contributed by atoms with Crippen molar-refractivity contribution in [3.63, 3.8) is 0 Å². The van der Waals surface area contributed by atoms with Crippen molar-refractivity contribution < 1.29 is 19.5 Å². The van der Waals surface area contributed by atoms with Gasteiger partial charge in [0.05, 0.1) is 17.4 Å². The van der Waals surface area contributed by atoms with Gasteiger partial charge in [-0.1, -0.05) is 13.0 Å². The van der Waals surface area contributed by atoms with E-state index in [1.807, 2.05) is 19.1 Å². The Hall–Kier alpha value is -3.33. The fourth-order valence-electron chi connectivity index (χ4n) is 5.45. The maximum atomic E-state index is 12.7. The zero-order valence-electron chi connectivity index (χ0n) is 19.8. The summed E-state index contributed by atoms with van der Waals surface area (Å²) in [7, 11) is 3.12. The van der Waals surface area contributed by atoms with Gasteiger partial charge in [0.2, 0.25) is 11.6 Å². The van der Waals surface area contributed by atoms with Crippen molar-refractivity contribution in [1.29, 1.82) is 0 Å². The molecule has 2 heterocycles. The van der Waals surface area contributed by atoms with E-state index in [1.54, 1.807) is 20.3 Å². The summed E-state index contributed by atoms with van der Waals surface area (Å²) in [6.07, 6.45) is 6.53. The van der Waals surface area contributed by atoms with E-state index in [2.05, 4.69) is 27.5 Å². The van der Waals surface area contributed by atoms with E-state index < -0.39 is 29.6 Å². The van der Waals surface area contributed by atoms with E-state index in [0.29, 0.717) is 5.41 Å². The first-order chi connectivity index (χ1) is 16.1. The molecule has 3 aliphatic carbocycles. The highest BCUT2D eigenvalue weighted by Gasteiger charge is 2.74. The number of hydrogen-bond donors (Lipinski definition) is 3. The van der Waals surface area contributed by atoms with Crippen molar-refractivity contribution in [2.24, 2.45) is 10.8 Å². The quantitative estimate of drug-likeness (QED) is 0.533. The van der Waals surface area contributed by atoms with Gasteiger partial charge in [-0.2, -0.15) is 0 Å². The van der Waals surface area contributed by atoms with Crippen LogP contribution in [0.4, 0.5) is 5.69 Å². The molecule has 0 aliphatic heterocycles. The molecule has 3 fully saturated rings. The van der Waals surface area contributed by atoms with Gasteiger partial charge in [0, 0.05) is 26.5 Å². The minimum Gasteiger partial charge on any atom is -0.504 e. The Bertz CT molecular complexity index is 1210. The third-order valence-corrected chi connectivity index (χ3v) is 7.94. The number of aryl methyl sites for hydroxylation is 1. The van der Waals surface area contributed by atoms with Gasteiger partial charge in [-0.15, -0.1) is 0 Å². The van der Waals surface area contributed by atoms with E-state index in [-0.39, 0.29) is 28.6 Å². The van der Waals surface area contributed by atoms with Gasteiger partial charge in [0.15, 0.2) is 11.4 Å². The van der Waals surface area contributed by atoms with Crippen molar-refractivity contribution in [3.8, 4) is 5.75 Å². The topological polar surface area (TPSA) is 125 Å². The Morgan fingerprint density at radius 1 is 1.15 bits per heavy atom. The lowest BCUT2D eigenvalue weighted by Crippen LogP contribution is -2.68. The Morgan fingerprint density at radius 2 is 1.85 bits per heavy atom. The average Bonchev–Trinajstić information content (AvgIpc) is 3.71. The predicted octanol–water partition coefficient (Wildman–Crippen LogP) is 2.01. The summed E-state index contributed by atoms with van der Waals surface area (Å²) in [5.74, 6) is -1.87. The van der Waals surface area contributed by atoms with Crippen LogP contribution in [0.25, 0.3) is 0 Å². The molecule has 9 nitrogen and oxygen atoms in total. The summed E-state index contributed by atoms with van der Waals surface area (Å²) in [5, 5.41) is 17.1. The summed E-state index contributed by atoms with van der Waals surface area (Å²) < 4.78 is 0. The molecule has 1 amide bonds. The van der Waals surface area contributed by atoms with E-state index in [1.165, 1.54) is 30.0 Å². The predicted molar refractivity (Wildman–Crippen MR) is 124 cm³/mol. The number of aromatic nitrogens is 2. The second kappa shape index (κ2) is 7.59. The first kappa shape index (κ1) is 22.5. The summed E-state index contributed by atoms with van der Waals surface area (Å²) in [6, 6.07) is 3.55. The monoisotopic (exact) mass is 463 g/mol. The maximum absolute atomic E-state index is 12.7. The summed E-state index contributed by atoms with van der Waals surface area (Å²) in [6.45, 7) is 4.23. The lowest BCUT2D eigenvalue weighted by Gasteiger charge is -2.39. The van der Waals surface area contributed by atoms with Crippen LogP contribution in [0.2, 0.25) is 0 Å². The number of carbonyl (C=O) groups is 3. The molecule has 0 radical (unpaired) electrons. The molecule has 2 aromatic rings. The molecular weight excluding hydrogens is 434 g/mol. The van der Waals surface area contributed by atoms with Crippen molar-refractivity contribution in [1.82, 2.24) is 20.2 Å². The van der Waals surface area contributed by atoms with Crippen molar-refractivity contribution >= 4 is 23.2 Å². The maximum Gasteiger partial charge on any atom is 0.275 e. The second-order valence-corrected chi connectivity index (χ2v) is 10.3. The molecular formula is C25H29N5O4. The van der Waals surface area contributed by atoms with E-state index in [9.17, 15) is 19.5 Å². The van der Waals surface area contributed by atoms with E-state index in [4.69, 9.17) is 0 Å². The SMILES string of the molecule is Cc1cccnc1C(NC1C(=O)C(=O)C1Nc1ccnc(C(=O)N(C)C)c1O)C1(C)CC12CC2. The van der Waals surface area contributed by atoms with Gasteiger partial charge >= 0.3 is 0 Å². The first-order valence-corrected chi connectivity index (χ1v) is 11.5. The minimum atomic E-state index is -0.868. The molecule has 9 heteroatoms. The van der Waals surface area contributed by atoms with Crippen LogP contribution in [0.3, 0.4) is 0 Å². The van der Waals surface area contributed by atoms with Crippen LogP contribution < -0.4 is 10.6 Å². The number of pyridine rings is 2. The molecule has 34 heavy (non-hydrogen) atoms. The highest BCUT2D eigenvalue weighted by atomic mass is 16.3. The number of amides is 1. The van der Waals surface area contributed by atoms with Crippen LogP contribution >= 0.6 is 0 Å². The molecule has 178 valence electrons. The largest absolute Gasteiger partial charge is 0.504 e. The molecule has 3 aliphatic rings. The van der Waals surface area contributed by atoms with Gasteiger partial charge in [-0.05, 0) is 54.7 Å². The van der Waals surface area contributed by atoms with Gasteiger partial charge in [0.1, 0.15) is 12.1 Å². The van der Waals surface area contributed by atoms with Crippen LogP contribution in [0.5, 0.6) is 5.75 Å². The Labute approximate surface area is 198 Å². The smallest absolute Gasteiger partial charge is 0.275 e. The van der Waals surface area contributed by atoms with Crippen LogP contribution in [-0.2, 0) is 9.59 Å². The normalized spacial score (nSPS) is 27.2. The molecule has 5 rings (SSSR count). The zero-order chi connectivity index (χ0) is 24.4. The minimum absolute atomic E-state index is 0.0420. The summed E-state index contributed by atoms with van der Waals surface area (Å²) in [5.41, 5.74) is 2.23. The standard InChI is InChI=1S/C25H29N5O4/c1-13-6-5-10-26-15(13)22(24(2)12-25(24)8-9-25)29-17-16(20(32)21(17)33)28-14-7-11-27-18(19(14)31)23(34)30(3)4/h5-7,10-11,16-17,22,29,31H,8-9,12H2,1-4H3,(H,27,28). The van der Waals surface area contributed by atoms with E-state index in [0.717, 1.165) is 17.7 Å². The number of carbonyl (C=O) groups excluding carboxylic acids is 3. The molecule has 3 saturated carbocycles. The number of nitrogens with one attached hydrogen (secondary N) is 2. The van der Waals surface area contributed by atoms with Crippen LogP contribution in [0.15, 0.2) is 30.6 Å². The Balaban J connectivity index is 1.42. The molecule has 3 N–H and O–H groups in total. The van der Waals surface area contributed by atoms with Crippen LogP contribution in [0, 0.1) is 17.8 Å². The van der Waals surface area contributed by atoms with Gasteiger partial charge in [-0.3, -0.25) is 24.7 Å². The summed E-state index contributed by atoms with van der Waals surface area (Å²) >= 11 is 0. The number of Topliss-reactive ketones (excluding diaryl/α,β-unsaturated/α-hetero) is 2. The third kappa shape index (κ3) is 3.29. The Morgan fingerprint density at radius 3 is 2.47 bits per heavy atom. The molecule has 1 spiro atoms. The molecule has 0 bridgehead atoms. The molecule has 0 saturated heterocycles. The number of rotatable bonds is 7. The van der Waals surface area contributed by atoms with Crippen molar-refractivity contribution in [2.75, 3.05) is 19.4 Å². The first-order valence-electron chi connectivity index (χ1n) is 11.5. The zero-order valence-corrected chi connectivity index (χ0v) is 19.8. The lowest BCUT2D eigenvalue weighted by molar-refractivity contribution is -0.146. The van der Waals surface area contributed by atoms with Crippen molar-refractivity contribution in [2.45, 2.75) is 51.2 Å². The molecule has 0 aromatic carbocycles. The van der Waals surface area contributed by atoms with Gasteiger partial charge in [0.25, 0.3) is 5.91 Å². The highest BCUT2D eigenvalue weighted by molar-refractivity contribution is 6.49. The van der Waals surface area contributed by atoms with E-state index >= 15 is 0 Å². The molecule has 4 unspecified atom stereocenters. The number of hydrogen-bond acceptors (Lipinski definition) is 8. The fraction of sp³-hybridized carbons (Fsp3) is 0.480. The lowest BCUT2D eigenvalue weighted by atomic mass is 9.80. The van der Waals surface area contributed by atoms with Gasteiger partial charge in [-0.25, -0.2) is 4.98 Å². The van der Waals surface area contributed by atoms with Crippen molar-refractivity contribution in [3.05, 3.63) is 47.5 Å². The number of nitrogens with zero attached hydrogens (tertiary/aromatic N) is 3. The number of ketones is 2. The number of anilines is 1. The second-order valence-electron chi connectivity index (χ2n) is 10.3. The summed E-state index contributed by atoms with van der Waals surface area (Å²) in [4.78, 5) is 47.5. The number of aromatic hydroxyl groups is 1. The van der Waals surface area contributed by atoms with Crippen LogP contribution in [0.1, 0.15) is 54.0 Å². The highest BCUT2D eigenvalue weighted by Crippen LogP contribution is 2.82. The molecule has 2 aromatic heterocycles. The Kier molecular flexibility index (Phi) is 5.02. The van der Waals surface area contributed by atoms with Gasteiger partial charge < -0.3 is 15.3 Å². The third-order valence-electron chi connectivity index (χ3n) is 7.94. The van der Waals surface area contributed by atoms with Crippen LogP contribution in [-0.4, -0.2) is 63.6 Å². The average molecular weight is 464 g/mol.